The van der Waals surface area contributed by atoms with Crippen LogP contribution in [0.3, 0.4) is 0 Å². The van der Waals surface area contributed by atoms with Crippen molar-refractivity contribution in [3.8, 4) is 0 Å². The number of aliphatic hydroxyl groups is 1. The van der Waals surface area contributed by atoms with Gasteiger partial charge in [0.05, 0.1) is 9.08 Å². The third kappa shape index (κ3) is 2.16. The van der Waals surface area contributed by atoms with Crippen LogP contribution in [0.25, 0.3) is 0 Å². The van der Waals surface area contributed by atoms with Crippen LogP contribution in [0.4, 0.5) is 0 Å². The molecular formula is C9H8INOS2. The summed E-state index contributed by atoms with van der Waals surface area (Å²) in [6.45, 7) is 2.03. The summed E-state index contributed by atoms with van der Waals surface area (Å²) in [5.41, 5.74) is 0. The monoisotopic (exact) mass is 337 g/mol. The number of thiophene rings is 1. The summed E-state index contributed by atoms with van der Waals surface area (Å²) in [6, 6.07) is 3.97. The van der Waals surface area contributed by atoms with Crippen molar-refractivity contribution in [1.29, 1.82) is 0 Å². The Kier molecular flexibility index (Phi) is 3.20. The molecule has 0 aliphatic carbocycles. The van der Waals surface area contributed by atoms with Gasteiger partial charge in [0.1, 0.15) is 11.1 Å². The number of nitrogens with zero attached hydrogens (tertiary/aromatic N) is 1. The molecule has 0 spiro atoms. The molecule has 0 amide bonds. The lowest BCUT2D eigenvalue weighted by Gasteiger charge is -2.02. The van der Waals surface area contributed by atoms with Crippen LogP contribution in [-0.2, 0) is 0 Å². The first-order valence-corrected chi connectivity index (χ1v) is 6.73. The molecular weight excluding hydrogens is 329 g/mol. The SMILES string of the molecule is Cc1ccc(C(O)c2ncc(I)s2)s1. The molecule has 2 aromatic heterocycles. The molecule has 2 rings (SSSR count). The predicted octanol–water partition coefficient (Wildman–Crippen LogP) is 3.20. The Morgan fingerprint density at radius 3 is 2.71 bits per heavy atom. The molecule has 1 unspecified atom stereocenters. The fraction of sp³-hybridized carbons (Fsp3) is 0.222. The minimum Gasteiger partial charge on any atom is -0.380 e. The lowest BCUT2D eigenvalue weighted by molar-refractivity contribution is 0.223. The number of halogens is 1. The largest absolute Gasteiger partial charge is 0.380 e. The number of rotatable bonds is 2. The van der Waals surface area contributed by atoms with E-state index < -0.39 is 6.10 Å². The quantitative estimate of drug-likeness (QED) is 0.854. The van der Waals surface area contributed by atoms with Gasteiger partial charge in [-0.05, 0) is 41.6 Å². The lowest BCUT2D eigenvalue weighted by Crippen LogP contribution is -1.94. The van der Waals surface area contributed by atoms with Gasteiger partial charge in [0.25, 0.3) is 0 Å². The molecule has 1 atom stereocenters. The molecule has 0 aromatic carbocycles. The number of aromatic nitrogens is 1. The van der Waals surface area contributed by atoms with E-state index in [-0.39, 0.29) is 0 Å². The first-order valence-electron chi connectivity index (χ1n) is 4.02. The van der Waals surface area contributed by atoms with Crippen LogP contribution >= 0.6 is 45.3 Å². The first-order chi connectivity index (χ1) is 6.66. The average Bonchev–Trinajstić information content (AvgIpc) is 2.73. The molecule has 0 bridgehead atoms. The second-order valence-electron chi connectivity index (χ2n) is 2.85. The van der Waals surface area contributed by atoms with Crippen LogP contribution in [0.1, 0.15) is 20.9 Å². The predicted molar refractivity (Wildman–Crippen MR) is 67.9 cm³/mol. The normalized spacial score (nSPS) is 13.1. The van der Waals surface area contributed by atoms with Crippen LogP contribution in [0.5, 0.6) is 0 Å². The molecule has 2 heterocycles. The Bertz CT molecular complexity index is 397. The van der Waals surface area contributed by atoms with Gasteiger partial charge in [0.2, 0.25) is 0 Å². The highest BCUT2D eigenvalue weighted by atomic mass is 127. The van der Waals surface area contributed by atoms with E-state index in [1.807, 2.05) is 19.1 Å². The van der Waals surface area contributed by atoms with Crippen LogP contribution < -0.4 is 0 Å². The molecule has 0 aliphatic heterocycles. The summed E-state index contributed by atoms with van der Waals surface area (Å²) >= 11 is 5.35. The van der Waals surface area contributed by atoms with E-state index in [0.717, 1.165) is 12.8 Å². The molecule has 2 nitrogen and oxygen atoms in total. The van der Waals surface area contributed by atoms with Gasteiger partial charge in [-0.15, -0.1) is 22.7 Å². The molecule has 5 heteroatoms. The highest BCUT2D eigenvalue weighted by Crippen LogP contribution is 2.30. The van der Waals surface area contributed by atoms with Gasteiger partial charge < -0.3 is 5.11 Å². The number of hydrogen-bond acceptors (Lipinski definition) is 4. The molecule has 1 N–H and O–H groups in total. The van der Waals surface area contributed by atoms with Crippen molar-refractivity contribution >= 4 is 45.3 Å². The molecule has 0 radical (unpaired) electrons. The fourth-order valence-corrected chi connectivity index (χ4v) is 3.52. The van der Waals surface area contributed by atoms with Crippen LogP contribution in [0.2, 0.25) is 0 Å². The van der Waals surface area contributed by atoms with Gasteiger partial charge >= 0.3 is 0 Å². The van der Waals surface area contributed by atoms with E-state index in [1.165, 1.54) is 16.2 Å². The minimum absolute atomic E-state index is 0.554. The zero-order valence-electron chi connectivity index (χ0n) is 7.40. The molecule has 2 aromatic rings. The van der Waals surface area contributed by atoms with Crippen molar-refractivity contribution < 1.29 is 5.11 Å². The standard InChI is InChI=1S/C9H8INOS2/c1-5-2-3-6(13-5)8(12)9-11-4-7(10)14-9/h2-4,8,12H,1H3. The molecule has 0 fully saturated rings. The summed E-state index contributed by atoms with van der Waals surface area (Å²) < 4.78 is 1.10. The summed E-state index contributed by atoms with van der Waals surface area (Å²) in [5, 5.41) is 10.7. The van der Waals surface area contributed by atoms with Gasteiger partial charge in [-0.25, -0.2) is 4.98 Å². The molecule has 0 aliphatic rings. The van der Waals surface area contributed by atoms with Crippen molar-refractivity contribution in [3.05, 3.63) is 36.0 Å². The van der Waals surface area contributed by atoms with Crippen molar-refractivity contribution in [2.24, 2.45) is 0 Å². The maximum Gasteiger partial charge on any atom is 0.140 e. The third-order valence-corrected chi connectivity index (χ3v) is 4.59. The smallest absolute Gasteiger partial charge is 0.140 e. The van der Waals surface area contributed by atoms with Crippen molar-refractivity contribution in [2.45, 2.75) is 13.0 Å². The number of aliphatic hydroxyl groups excluding tert-OH is 1. The van der Waals surface area contributed by atoms with E-state index >= 15 is 0 Å². The maximum absolute atomic E-state index is 9.97. The van der Waals surface area contributed by atoms with Gasteiger partial charge in [0.15, 0.2) is 0 Å². The van der Waals surface area contributed by atoms with Crippen LogP contribution in [-0.4, -0.2) is 10.1 Å². The van der Waals surface area contributed by atoms with Crippen molar-refractivity contribution in [2.75, 3.05) is 0 Å². The second kappa shape index (κ2) is 4.26. The Morgan fingerprint density at radius 1 is 1.43 bits per heavy atom. The number of hydrogen-bond donors (Lipinski definition) is 1. The number of aryl methyl sites for hydroxylation is 1. The van der Waals surface area contributed by atoms with Gasteiger partial charge in [-0.3, -0.25) is 0 Å². The van der Waals surface area contributed by atoms with E-state index in [0.29, 0.717) is 0 Å². The average molecular weight is 337 g/mol. The zero-order chi connectivity index (χ0) is 10.1. The van der Waals surface area contributed by atoms with E-state index in [1.54, 1.807) is 17.5 Å². The first kappa shape index (κ1) is 10.5. The van der Waals surface area contributed by atoms with Crippen LogP contribution in [0.15, 0.2) is 18.3 Å². The summed E-state index contributed by atoms with van der Waals surface area (Å²) in [7, 11) is 0. The Labute approximate surface area is 104 Å². The minimum atomic E-state index is -0.554. The highest BCUT2D eigenvalue weighted by molar-refractivity contribution is 14.1. The van der Waals surface area contributed by atoms with E-state index in [9.17, 15) is 5.11 Å². The van der Waals surface area contributed by atoms with Crippen molar-refractivity contribution in [3.63, 3.8) is 0 Å². The van der Waals surface area contributed by atoms with Crippen molar-refractivity contribution in [1.82, 2.24) is 4.98 Å². The third-order valence-electron chi connectivity index (χ3n) is 1.76. The van der Waals surface area contributed by atoms with Gasteiger partial charge in [0, 0.05) is 9.75 Å². The Hall–Kier alpha value is 0.0200. The summed E-state index contributed by atoms with van der Waals surface area (Å²) in [4.78, 5) is 6.35. The second-order valence-corrected chi connectivity index (χ2v) is 7.13. The van der Waals surface area contributed by atoms with Gasteiger partial charge in [-0.1, -0.05) is 0 Å². The number of thiazole rings is 1. The Balaban J connectivity index is 2.28. The zero-order valence-corrected chi connectivity index (χ0v) is 11.2. The van der Waals surface area contributed by atoms with Crippen LogP contribution in [0, 0.1) is 9.81 Å². The molecule has 14 heavy (non-hydrogen) atoms. The maximum atomic E-state index is 9.97. The molecule has 74 valence electrons. The van der Waals surface area contributed by atoms with E-state index in [2.05, 4.69) is 27.6 Å². The lowest BCUT2D eigenvalue weighted by atomic mass is 10.3. The Morgan fingerprint density at radius 2 is 2.21 bits per heavy atom. The van der Waals surface area contributed by atoms with E-state index in [4.69, 9.17) is 0 Å². The van der Waals surface area contributed by atoms with Gasteiger partial charge in [-0.2, -0.15) is 0 Å². The summed E-state index contributed by atoms with van der Waals surface area (Å²) in [5.74, 6) is 0. The topological polar surface area (TPSA) is 33.1 Å². The fourth-order valence-electron chi connectivity index (χ4n) is 1.12. The molecule has 0 saturated carbocycles. The summed E-state index contributed by atoms with van der Waals surface area (Å²) in [6.07, 6.45) is 1.23. The highest BCUT2D eigenvalue weighted by Gasteiger charge is 2.15. The molecule has 0 saturated heterocycles.